The van der Waals surface area contributed by atoms with Gasteiger partial charge in [-0.2, -0.15) is 0 Å². The molecule has 2 heterocycles. The predicted octanol–water partition coefficient (Wildman–Crippen LogP) is 2.00. The summed E-state index contributed by atoms with van der Waals surface area (Å²) in [5.74, 6) is 0. The van der Waals surface area contributed by atoms with Gasteiger partial charge in [0.15, 0.2) is 0 Å². The van der Waals surface area contributed by atoms with Gasteiger partial charge in [0, 0.05) is 18.0 Å². The minimum absolute atomic E-state index is 0.494. The van der Waals surface area contributed by atoms with E-state index in [9.17, 15) is 0 Å². The largest absolute Gasteiger partial charge is 0.378 e. The van der Waals surface area contributed by atoms with Gasteiger partial charge in [-0.3, -0.25) is 0 Å². The minimum Gasteiger partial charge on any atom is -0.378 e. The Morgan fingerprint density at radius 1 is 1.41 bits per heavy atom. The highest BCUT2D eigenvalue weighted by molar-refractivity contribution is 7.09. The van der Waals surface area contributed by atoms with E-state index in [1.54, 1.807) is 0 Å². The van der Waals surface area contributed by atoms with Gasteiger partial charge in [0.25, 0.3) is 0 Å². The van der Waals surface area contributed by atoms with Crippen LogP contribution in [0, 0.1) is 0 Å². The van der Waals surface area contributed by atoms with Crippen molar-refractivity contribution in [1.82, 2.24) is 10.6 Å². The number of nitrogens with one attached hydrogen (secondary N) is 2. The zero-order chi connectivity index (χ0) is 11.8. The van der Waals surface area contributed by atoms with E-state index in [1.165, 1.54) is 17.7 Å². The summed E-state index contributed by atoms with van der Waals surface area (Å²) >= 11 is 1.81. The van der Waals surface area contributed by atoms with Crippen LogP contribution in [-0.4, -0.2) is 32.3 Å². The maximum atomic E-state index is 5.84. The molecule has 96 valence electrons. The quantitative estimate of drug-likeness (QED) is 0.730. The van der Waals surface area contributed by atoms with Crippen molar-refractivity contribution in [2.24, 2.45) is 0 Å². The average molecular weight is 254 g/mol. The van der Waals surface area contributed by atoms with Gasteiger partial charge >= 0.3 is 0 Å². The van der Waals surface area contributed by atoms with Gasteiger partial charge < -0.3 is 15.4 Å². The normalized spacial score (nSPS) is 17.4. The smallest absolute Gasteiger partial charge is 0.0599 e. The zero-order valence-electron chi connectivity index (χ0n) is 10.3. The molecule has 3 nitrogen and oxygen atoms in total. The van der Waals surface area contributed by atoms with Crippen molar-refractivity contribution in [3.8, 4) is 0 Å². The molecule has 2 N–H and O–H groups in total. The Kier molecular flexibility index (Phi) is 5.99. The first-order valence-corrected chi connectivity index (χ1v) is 7.38. The Labute approximate surface area is 108 Å². The number of thiophene rings is 1. The molecule has 1 aliphatic heterocycles. The van der Waals surface area contributed by atoms with E-state index in [0.717, 1.165) is 39.2 Å². The maximum Gasteiger partial charge on any atom is 0.0599 e. The molecule has 0 unspecified atom stereocenters. The molecule has 1 aliphatic rings. The molecule has 4 heteroatoms. The molecule has 0 radical (unpaired) electrons. The highest BCUT2D eigenvalue weighted by atomic mass is 32.1. The fourth-order valence-corrected chi connectivity index (χ4v) is 2.71. The first-order valence-electron chi connectivity index (χ1n) is 6.50. The van der Waals surface area contributed by atoms with E-state index in [-0.39, 0.29) is 0 Å². The van der Waals surface area contributed by atoms with Crippen LogP contribution in [0.1, 0.15) is 24.1 Å². The third kappa shape index (κ3) is 5.17. The summed E-state index contributed by atoms with van der Waals surface area (Å²) in [5, 5.41) is 8.92. The van der Waals surface area contributed by atoms with Crippen LogP contribution in [0.2, 0.25) is 0 Å². The Morgan fingerprint density at radius 3 is 3.06 bits per heavy atom. The summed E-state index contributed by atoms with van der Waals surface area (Å²) in [7, 11) is 0. The molecule has 1 aromatic heterocycles. The Morgan fingerprint density at radius 2 is 2.29 bits per heavy atom. The van der Waals surface area contributed by atoms with E-state index in [1.807, 2.05) is 11.3 Å². The van der Waals surface area contributed by atoms with Crippen molar-refractivity contribution in [2.45, 2.75) is 31.9 Å². The SMILES string of the molecule is c1csc(CNCCCOC2CCNCC2)c1. The van der Waals surface area contributed by atoms with E-state index >= 15 is 0 Å². The average Bonchev–Trinajstić information content (AvgIpc) is 2.88. The van der Waals surface area contributed by atoms with Crippen LogP contribution < -0.4 is 10.6 Å². The third-order valence-corrected chi connectivity index (χ3v) is 3.89. The van der Waals surface area contributed by atoms with Crippen LogP contribution in [0.5, 0.6) is 0 Å². The topological polar surface area (TPSA) is 33.3 Å². The fraction of sp³-hybridized carbons (Fsp3) is 0.692. The van der Waals surface area contributed by atoms with Crippen molar-refractivity contribution < 1.29 is 4.74 Å². The number of ether oxygens (including phenoxy) is 1. The lowest BCUT2D eigenvalue weighted by atomic mass is 10.1. The van der Waals surface area contributed by atoms with Crippen LogP contribution in [0.25, 0.3) is 0 Å². The highest BCUT2D eigenvalue weighted by Gasteiger charge is 2.12. The Balaban J connectivity index is 1.43. The number of hydrogen-bond donors (Lipinski definition) is 2. The monoisotopic (exact) mass is 254 g/mol. The van der Waals surface area contributed by atoms with Gasteiger partial charge in [0.1, 0.15) is 0 Å². The van der Waals surface area contributed by atoms with Crippen LogP contribution in [0.4, 0.5) is 0 Å². The lowest BCUT2D eigenvalue weighted by Gasteiger charge is -2.22. The third-order valence-electron chi connectivity index (χ3n) is 3.02. The molecule has 0 aliphatic carbocycles. The molecule has 1 aromatic rings. The van der Waals surface area contributed by atoms with Crippen molar-refractivity contribution in [2.75, 3.05) is 26.2 Å². The van der Waals surface area contributed by atoms with Gasteiger partial charge in [0.2, 0.25) is 0 Å². The van der Waals surface area contributed by atoms with E-state index in [2.05, 4.69) is 28.1 Å². The van der Waals surface area contributed by atoms with Gasteiger partial charge in [-0.1, -0.05) is 6.07 Å². The molecule has 17 heavy (non-hydrogen) atoms. The first-order chi connectivity index (χ1) is 8.45. The van der Waals surface area contributed by atoms with Gasteiger partial charge in [0.05, 0.1) is 6.10 Å². The van der Waals surface area contributed by atoms with Gasteiger partial charge in [-0.05, 0) is 50.3 Å². The minimum atomic E-state index is 0.494. The summed E-state index contributed by atoms with van der Waals surface area (Å²) in [6.07, 6.45) is 3.94. The fourth-order valence-electron chi connectivity index (χ4n) is 2.03. The second-order valence-corrected chi connectivity index (χ2v) is 5.46. The van der Waals surface area contributed by atoms with Crippen LogP contribution in [-0.2, 0) is 11.3 Å². The van der Waals surface area contributed by atoms with Crippen LogP contribution in [0.3, 0.4) is 0 Å². The highest BCUT2D eigenvalue weighted by Crippen LogP contribution is 2.08. The maximum absolute atomic E-state index is 5.84. The number of hydrogen-bond acceptors (Lipinski definition) is 4. The second-order valence-electron chi connectivity index (χ2n) is 4.43. The zero-order valence-corrected chi connectivity index (χ0v) is 11.1. The first kappa shape index (κ1) is 13.0. The van der Waals surface area contributed by atoms with Gasteiger partial charge in [-0.15, -0.1) is 11.3 Å². The molecule has 2 rings (SSSR count). The second kappa shape index (κ2) is 7.82. The summed E-state index contributed by atoms with van der Waals surface area (Å²) in [5.41, 5.74) is 0. The lowest BCUT2D eigenvalue weighted by Crippen LogP contribution is -2.32. The Bertz CT molecular complexity index is 284. The van der Waals surface area contributed by atoms with Gasteiger partial charge in [-0.25, -0.2) is 0 Å². The molecule has 0 amide bonds. The van der Waals surface area contributed by atoms with Crippen LogP contribution in [0.15, 0.2) is 17.5 Å². The lowest BCUT2D eigenvalue weighted by molar-refractivity contribution is 0.0317. The Hall–Kier alpha value is -0.420. The molecule has 0 aromatic carbocycles. The predicted molar refractivity (Wildman–Crippen MR) is 72.5 cm³/mol. The summed E-state index contributed by atoms with van der Waals surface area (Å²) in [6, 6.07) is 4.27. The molecule has 0 atom stereocenters. The molecule has 1 saturated heterocycles. The molecule has 1 fully saturated rings. The summed E-state index contributed by atoms with van der Waals surface area (Å²) in [6.45, 7) is 5.15. The van der Waals surface area contributed by atoms with Crippen LogP contribution >= 0.6 is 11.3 Å². The summed E-state index contributed by atoms with van der Waals surface area (Å²) < 4.78 is 5.84. The molecule has 0 bridgehead atoms. The van der Waals surface area contributed by atoms with Crippen molar-refractivity contribution in [1.29, 1.82) is 0 Å². The molecular formula is C13H22N2OS. The van der Waals surface area contributed by atoms with Crippen molar-refractivity contribution in [3.63, 3.8) is 0 Å². The summed E-state index contributed by atoms with van der Waals surface area (Å²) in [4.78, 5) is 1.41. The van der Waals surface area contributed by atoms with Crippen molar-refractivity contribution >= 4 is 11.3 Å². The standard InChI is InChI=1S/C13H22N2OS/c1-3-13(17-10-1)11-15-6-2-9-16-12-4-7-14-8-5-12/h1,3,10,12,14-15H,2,4-9,11H2. The van der Waals surface area contributed by atoms with E-state index in [0.29, 0.717) is 6.10 Å². The molecule has 0 saturated carbocycles. The van der Waals surface area contributed by atoms with Crippen molar-refractivity contribution in [3.05, 3.63) is 22.4 Å². The molecular weight excluding hydrogens is 232 g/mol. The number of piperidine rings is 1. The van der Waals surface area contributed by atoms with E-state index < -0.39 is 0 Å². The van der Waals surface area contributed by atoms with E-state index in [4.69, 9.17) is 4.74 Å². The number of rotatable bonds is 7. The molecule has 0 spiro atoms.